The van der Waals surface area contributed by atoms with E-state index in [1.807, 2.05) is 13.0 Å². The smallest absolute Gasteiger partial charge is 0.118 e. The lowest BCUT2D eigenvalue weighted by Crippen LogP contribution is -2.56. The number of phenols is 1. The van der Waals surface area contributed by atoms with Gasteiger partial charge in [-0.25, -0.2) is 0 Å². The predicted octanol–water partition coefficient (Wildman–Crippen LogP) is 2.51. The standard InChI is InChI=1S/C15H21NO/c1-9-6-11-7-13-10(2)15(3,4-5-16-13)12(11)8-14(9)17/h6,8,10,13,16-17H,4-5,7H2,1-3H3. The molecule has 1 fully saturated rings. The van der Waals surface area contributed by atoms with Crippen LogP contribution in [0.4, 0.5) is 0 Å². The Bertz CT molecular complexity index is 468. The fourth-order valence-corrected chi connectivity index (χ4v) is 3.69. The van der Waals surface area contributed by atoms with Crippen LogP contribution in [0.25, 0.3) is 0 Å². The van der Waals surface area contributed by atoms with Gasteiger partial charge in [0.1, 0.15) is 5.75 Å². The van der Waals surface area contributed by atoms with Gasteiger partial charge in [-0.05, 0) is 60.4 Å². The van der Waals surface area contributed by atoms with E-state index in [9.17, 15) is 5.11 Å². The molecule has 1 saturated heterocycles. The lowest BCUT2D eigenvalue weighted by molar-refractivity contribution is 0.158. The number of fused-ring (bicyclic) bond motifs is 4. The van der Waals surface area contributed by atoms with Gasteiger partial charge in [0, 0.05) is 6.04 Å². The topological polar surface area (TPSA) is 32.3 Å². The van der Waals surface area contributed by atoms with Gasteiger partial charge in [0.2, 0.25) is 0 Å². The van der Waals surface area contributed by atoms with E-state index in [0.29, 0.717) is 17.7 Å². The van der Waals surface area contributed by atoms with Crippen LogP contribution in [0, 0.1) is 12.8 Å². The van der Waals surface area contributed by atoms with E-state index < -0.39 is 0 Å². The number of piperidine rings is 1. The molecule has 2 aliphatic rings. The summed E-state index contributed by atoms with van der Waals surface area (Å²) in [7, 11) is 0. The highest BCUT2D eigenvalue weighted by Crippen LogP contribution is 2.47. The summed E-state index contributed by atoms with van der Waals surface area (Å²) in [6.07, 6.45) is 2.27. The number of aromatic hydroxyl groups is 1. The lowest BCUT2D eigenvalue weighted by atomic mass is 9.59. The molecule has 2 heteroatoms. The van der Waals surface area contributed by atoms with Gasteiger partial charge in [-0.15, -0.1) is 0 Å². The SMILES string of the molecule is Cc1cc2c(cc1O)C1(C)CCNC(C2)C1C. The van der Waals surface area contributed by atoms with Gasteiger partial charge >= 0.3 is 0 Å². The molecule has 1 aromatic rings. The first-order chi connectivity index (χ1) is 8.02. The maximum atomic E-state index is 9.96. The Balaban J connectivity index is 2.20. The highest BCUT2D eigenvalue weighted by atomic mass is 16.3. The zero-order valence-corrected chi connectivity index (χ0v) is 10.9. The Kier molecular flexibility index (Phi) is 2.27. The second-order valence-corrected chi connectivity index (χ2v) is 6.02. The van der Waals surface area contributed by atoms with E-state index in [-0.39, 0.29) is 5.41 Å². The molecule has 3 atom stereocenters. The first-order valence-corrected chi connectivity index (χ1v) is 6.59. The molecule has 1 heterocycles. The van der Waals surface area contributed by atoms with Gasteiger partial charge in [-0.2, -0.15) is 0 Å². The van der Waals surface area contributed by atoms with Crippen molar-refractivity contribution < 1.29 is 5.11 Å². The molecule has 0 radical (unpaired) electrons. The molecule has 17 heavy (non-hydrogen) atoms. The Hall–Kier alpha value is -1.02. The van der Waals surface area contributed by atoms with Gasteiger partial charge in [-0.3, -0.25) is 0 Å². The normalized spacial score (nSPS) is 35.5. The Labute approximate surface area is 103 Å². The van der Waals surface area contributed by atoms with Crippen molar-refractivity contribution in [2.24, 2.45) is 5.92 Å². The molecule has 92 valence electrons. The first-order valence-electron chi connectivity index (χ1n) is 6.59. The summed E-state index contributed by atoms with van der Waals surface area (Å²) in [6, 6.07) is 4.79. The van der Waals surface area contributed by atoms with E-state index >= 15 is 0 Å². The molecule has 0 saturated carbocycles. The summed E-state index contributed by atoms with van der Waals surface area (Å²) in [5.74, 6) is 1.10. The quantitative estimate of drug-likeness (QED) is 0.719. The van der Waals surface area contributed by atoms with Crippen LogP contribution in [-0.2, 0) is 11.8 Å². The van der Waals surface area contributed by atoms with Gasteiger partial charge in [0.05, 0.1) is 0 Å². The molecule has 0 amide bonds. The first kappa shape index (κ1) is 11.1. The van der Waals surface area contributed by atoms with E-state index in [1.165, 1.54) is 17.5 Å². The average Bonchev–Trinajstić information content (AvgIpc) is 2.27. The number of rotatable bonds is 0. The zero-order valence-electron chi connectivity index (χ0n) is 10.9. The molecule has 0 spiro atoms. The molecule has 1 aliphatic carbocycles. The number of benzene rings is 1. The number of hydrogen-bond acceptors (Lipinski definition) is 2. The van der Waals surface area contributed by atoms with Crippen LogP contribution in [0.2, 0.25) is 0 Å². The predicted molar refractivity (Wildman–Crippen MR) is 69.5 cm³/mol. The molecule has 3 rings (SSSR count). The lowest BCUT2D eigenvalue weighted by Gasteiger charge is -2.50. The summed E-state index contributed by atoms with van der Waals surface area (Å²) in [5.41, 5.74) is 4.04. The van der Waals surface area contributed by atoms with E-state index in [1.54, 1.807) is 0 Å². The van der Waals surface area contributed by atoms with E-state index in [2.05, 4.69) is 25.2 Å². The second kappa shape index (κ2) is 3.49. The number of nitrogens with one attached hydrogen (secondary N) is 1. The Morgan fingerprint density at radius 3 is 2.94 bits per heavy atom. The summed E-state index contributed by atoms with van der Waals surface area (Å²) in [6.45, 7) is 7.79. The Morgan fingerprint density at radius 1 is 1.41 bits per heavy atom. The van der Waals surface area contributed by atoms with Crippen LogP contribution in [0.3, 0.4) is 0 Å². The molecular weight excluding hydrogens is 210 g/mol. The summed E-state index contributed by atoms with van der Waals surface area (Å²) >= 11 is 0. The van der Waals surface area contributed by atoms with Crippen molar-refractivity contribution in [3.05, 3.63) is 28.8 Å². The summed E-state index contributed by atoms with van der Waals surface area (Å²) < 4.78 is 0. The maximum absolute atomic E-state index is 9.96. The Morgan fingerprint density at radius 2 is 2.18 bits per heavy atom. The maximum Gasteiger partial charge on any atom is 0.118 e. The van der Waals surface area contributed by atoms with Crippen molar-refractivity contribution >= 4 is 0 Å². The molecule has 2 bridgehead atoms. The van der Waals surface area contributed by atoms with Crippen LogP contribution >= 0.6 is 0 Å². The van der Waals surface area contributed by atoms with Gasteiger partial charge < -0.3 is 10.4 Å². The van der Waals surface area contributed by atoms with Crippen LogP contribution in [0.15, 0.2) is 12.1 Å². The van der Waals surface area contributed by atoms with E-state index in [4.69, 9.17) is 0 Å². The fourth-order valence-electron chi connectivity index (χ4n) is 3.69. The highest BCUT2D eigenvalue weighted by molar-refractivity contribution is 5.47. The number of hydrogen-bond donors (Lipinski definition) is 2. The minimum absolute atomic E-state index is 0.231. The summed E-state index contributed by atoms with van der Waals surface area (Å²) in [5, 5.41) is 13.6. The minimum atomic E-state index is 0.231. The third-order valence-electron chi connectivity index (χ3n) is 5.14. The van der Waals surface area contributed by atoms with Crippen molar-refractivity contribution in [1.82, 2.24) is 5.32 Å². The number of phenolic OH excluding ortho intramolecular Hbond substituents is 1. The average molecular weight is 231 g/mol. The van der Waals surface area contributed by atoms with Crippen molar-refractivity contribution in [3.63, 3.8) is 0 Å². The van der Waals surface area contributed by atoms with Gasteiger partial charge in [-0.1, -0.05) is 19.9 Å². The second-order valence-electron chi connectivity index (χ2n) is 6.02. The molecule has 1 aromatic carbocycles. The van der Waals surface area contributed by atoms with Crippen LogP contribution in [0.5, 0.6) is 5.75 Å². The zero-order chi connectivity index (χ0) is 12.2. The molecule has 2 N–H and O–H groups in total. The third kappa shape index (κ3) is 1.43. The van der Waals surface area contributed by atoms with Crippen LogP contribution < -0.4 is 5.32 Å². The molecule has 1 aliphatic heterocycles. The van der Waals surface area contributed by atoms with Crippen LogP contribution in [0.1, 0.15) is 37.0 Å². The number of aryl methyl sites for hydroxylation is 1. The van der Waals surface area contributed by atoms with Crippen LogP contribution in [-0.4, -0.2) is 17.7 Å². The molecule has 3 unspecified atom stereocenters. The molecule has 2 nitrogen and oxygen atoms in total. The third-order valence-corrected chi connectivity index (χ3v) is 5.14. The van der Waals surface area contributed by atoms with Gasteiger partial charge in [0.15, 0.2) is 0 Å². The van der Waals surface area contributed by atoms with Crippen molar-refractivity contribution in [2.45, 2.75) is 45.1 Å². The molecular formula is C15H21NO. The van der Waals surface area contributed by atoms with Crippen molar-refractivity contribution in [2.75, 3.05) is 6.54 Å². The highest BCUT2D eigenvalue weighted by Gasteiger charge is 2.45. The molecule has 0 aromatic heterocycles. The van der Waals surface area contributed by atoms with Crippen molar-refractivity contribution in [3.8, 4) is 5.75 Å². The van der Waals surface area contributed by atoms with Gasteiger partial charge in [0.25, 0.3) is 0 Å². The minimum Gasteiger partial charge on any atom is -0.508 e. The van der Waals surface area contributed by atoms with Crippen molar-refractivity contribution in [1.29, 1.82) is 0 Å². The monoisotopic (exact) mass is 231 g/mol. The van der Waals surface area contributed by atoms with E-state index in [0.717, 1.165) is 18.5 Å². The largest absolute Gasteiger partial charge is 0.508 e. The summed E-state index contributed by atoms with van der Waals surface area (Å²) in [4.78, 5) is 0. The fraction of sp³-hybridized carbons (Fsp3) is 0.600.